The Bertz CT molecular complexity index is 297. The Morgan fingerprint density at radius 2 is 1.84 bits per heavy atom. The largest absolute Gasteiger partial charge is 0.498 e. The highest BCUT2D eigenvalue weighted by Gasteiger charge is 1.98. The lowest BCUT2D eigenvalue weighted by atomic mass is 10.1. The molecule has 0 fully saturated rings. The number of allylic oxidation sites excluding steroid dienone is 3. The van der Waals surface area contributed by atoms with Gasteiger partial charge in [0.05, 0.1) is 12.9 Å². The molecule has 0 aromatic heterocycles. The minimum absolute atomic E-state index is 0.0856. The van der Waals surface area contributed by atoms with Crippen LogP contribution in [0.5, 0.6) is 0 Å². The van der Waals surface area contributed by atoms with Crippen molar-refractivity contribution in [1.29, 1.82) is 0 Å². The number of aliphatic hydroxyl groups excluding tert-OH is 2. The maximum absolute atomic E-state index is 8.98. The van der Waals surface area contributed by atoms with Crippen molar-refractivity contribution in [3.05, 3.63) is 24.5 Å². The molecular formula is C16H26O3. The van der Waals surface area contributed by atoms with Crippen LogP contribution in [0.1, 0.15) is 45.4 Å². The molecule has 108 valence electrons. The molecule has 0 aromatic rings. The smallest absolute Gasteiger partial charge is 0.115 e. The molecule has 2 N–H and O–H groups in total. The van der Waals surface area contributed by atoms with E-state index in [2.05, 4.69) is 24.8 Å². The van der Waals surface area contributed by atoms with Crippen LogP contribution in [0.15, 0.2) is 24.5 Å². The van der Waals surface area contributed by atoms with Gasteiger partial charge in [0.25, 0.3) is 0 Å². The second kappa shape index (κ2) is 14.8. The standard InChI is InChI=1S/C16H26O3/c1-2-3-4-5-6-7-8-9-10-11-12-13-19-15-16(18)14-17/h8-9,12-13,16-18H,2-7,14-15H2,1H3/b9-8-,13-12-. The molecule has 0 heterocycles. The van der Waals surface area contributed by atoms with Gasteiger partial charge in [-0.1, -0.05) is 50.5 Å². The third-order valence-corrected chi connectivity index (χ3v) is 2.51. The maximum Gasteiger partial charge on any atom is 0.115 e. The van der Waals surface area contributed by atoms with Crippen LogP contribution in [-0.4, -0.2) is 29.5 Å². The zero-order chi connectivity index (χ0) is 14.2. The SMILES string of the molecule is CCCCCCC/C=C\C#C/C=C\OCC(O)CO. The molecule has 0 aromatic carbocycles. The summed E-state index contributed by atoms with van der Waals surface area (Å²) >= 11 is 0. The van der Waals surface area contributed by atoms with E-state index in [0.29, 0.717) is 0 Å². The number of hydrogen-bond acceptors (Lipinski definition) is 3. The fraction of sp³-hybridized carbons (Fsp3) is 0.625. The van der Waals surface area contributed by atoms with Gasteiger partial charge >= 0.3 is 0 Å². The van der Waals surface area contributed by atoms with Gasteiger partial charge in [-0.3, -0.25) is 0 Å². The molecule has 0 aliphatic carbocycles. The quantitative estimate of drug-likeness (QED) is 0.363. The Balaban J connectivity index is 3.44. The van der Waals surface area contributed by atoms with Gasteiger partial charge in [-0.05, 0) is 18.9 Å². The molecule has 1 unspecified atom stereocenters. The minimum atomic E-state index is -0.829. The summed E-state index contributed by atoms with van der Waals surface area (Å²) in [5.74, 6) is 5.68. The van der Waals surface area contributed by atoms with E-state index in [1.54, 1.807) is 6.08 Å². The molecule has 0 radical (unpaired) electrons. The molecule has 3 heteroatoms. The zero-order valence-electron chi connectivity index (χ0n) is 11.8. The summed E-state index contributed by atoms with van der Waals surface area (Å²) in [5, 5.41) is 17.5. The average molecular weight is 266 g/mol. The first-order valence-corrected chi connectivity index (χ1v) is 7.02. The Hall–Kier alpha value is -1.24. The molecular weight excluding hydrogens is 240 g/mol. The summed E-state index contributed by atoms with van der Waals surface area (Å²) in [4.78, 5) is 0. The van der Waals surface area contributed by atoms with E-state index in [-0.39, 0.29) is 13.2 Å². The lowest BCUT2D eigenvalue weighted by Crippen LogP contribution is -2.17. The zero-order valence-corrected chi connectivity index (χ0v) is 11.8. The van der Waals surface area contributed by atoms with Crippen molar-refractivity contribution in [3.63, 3.8) is 0 Å². The number of unbranched alkanes of at least 4 members (excludes halogenated alkanes) is 5. The molecule has 0 saturated heterocycles. The van der Waals surface area contributed by atoms with Crippen molar-refractivity contribution in [2.75, 3.05) is 13.2 Å². The fourth-order valence-electron chi connectivity index (χ4n) is 1.41. The number of ether oxygens (including phenoxy) is 1. The molecule has 0 amide bonds. The fourth-order valence-corrected chi connectivity index (χ4v) is 1.41. The molecule has 3 nitrogen and oxygen atoms in total. The van der Waals surface area contributed by atoms with Crippen LogP contribution in [0.25, 0.3) is 0 Å². The summed E-state index contributed by atoms with van der Waals surface area (Å²) in [7, 11) is 0. The Labute approximate surface area is 117 Å². The van der Waals surface area contributed by atoms with E-state index < -0.39 is 6.10 Å². The monoisotopic (exact) mass is 266 g/mol. The summed E-state index contributed by atoms with van der Waals surface area (Å²) in [5.41, 5.74) is 0. The van der Waals surface area contributed by atoms with Crippen LogP contribution in [0.4, 0.5) is 0 Å². The topological polar surface area (TPSA) is 49.7 Å². The molecule has 0 aliphatic rings. The Morgan fingerprint density at radius 1 is 1.11 bits per heavy atom. The normalized spacial score (nSPS) is 12.6. The van der Waals surface area contributed by atoms with Crippen molar-refractivity contribution in [3.8, 4) is 11.8 Å². The van der Waals surface area contributed by atoms with Gasteiger partial charge in [0.1, 0.15) is 12.7 Å². The van der Waals surface area contributed by atoms with E-state index >= 15 is 0 Å². The van der Waals surface area contributed by atoms with Crippen LogP contribution in [0.3, 0.4) is 0 Å². The van der Waals surface area contributed by atoms with Crippen molar-refractivity contribution in [2.24, 2.45) is 0 Å². The number of aliphatic hydroxyl groups is 2. The van der Waals surface area contributed by atoms with Crippen molar-refractivity contribution < 1.29 is 14.9 Å². The van der Waals surface area contributed by atoms with Gasteiger partial charge in [-0.25, -0.2) is 0 Å². The molecule has 19 heavy (non-hydrogen) atoms. The van der Waals surface area contributed by atoms with Gasteiger partial charge in [-0.2, -0.15) is 0 Å². The Morgan fingerprint density at radius 3 is 2.58 bits per heavy atom. The summed E-state index contributed by atoms with van der Waals surface area (Å²) in [6.45, 7) is 2.01. The van der Waals surface area contributed by atoms with Crippen LogP contribution < -0.4 is 0 Å². The van der Waals surface area contributed by atoms with Gasteiger partial charge in [0.2, 0.25) is 0 Å². The van der Waals surface area contributed by atoms with Gasteiger partial charge in [0.15, 0.2) is 0 Å². The van der Waals surface area contributed by atoms with Gasteiger partial charge in [0, 0.05) is 6.08 Å². The predicted molar refractivity (Wildman–Crippen MR) is 78.5 cm³/mol. The van der Waals surface area contributed by atoms with Crippen LogP contribution in [0, 0.1) is 11.8 Å². The highest BCUT2D eigenvalue weighted by atomic mass is 16.5. The highest BCUT2D eigenvalue weighted by molar-refractivity contribution is 5.22. The first-order valence-electron chi connectivity index (χ1n) is 7.02. The number of hydrogen-bond donors (Lipinski definition) is 2. The maximum atomic E-state index is 8.98. The lowest BCUT2D eigenvalue weighted by molar-refractivity contribution is 0.0385. The average Bonchev–Trinajstić information content (AvgIpc) is 2.43. The van der Waals surface area contributed by atoms with Crippen LogP contribution in [0.2, 0.25) is 0 Å². The number of rotatable bonds is 10. The lowest BCUT2D eigenvalue weighted by Gasteiger charge is -2.04. The van der Waals surface area contributed by atoms with Gasteiger partial charge < -0.3 is 14.9 Å². The molecule has 1 atom stereocenters. The molecule has 0 spiro atoms. The predicted octanol–water partition coefficient (Wildman–Crippen LogP) is 2.79. The van der Waals surface area contributed by atoms with E-state index in [4.69, 9.17) is 14.9 Å². The highest BCUT2D eigenvalue weighted by Crippen LogP contribution is 2.04. The van der Waals surface area contributed by atoms with Crippen molar-refractivity contribution in [1.82, 2.24) is 0 Å². The first-order chi connectivity index (χ1) is 9.31. The van der Waals surface area contributed by atoms with E-state index in [1.807, 2.05) is 6.08 Å². The van der Waals surface area contributed by atoms with Crippen LogP contribution >= 0.6 is 0 Å². The molecule has 0 aliphatic heterocycles. The summed E-state index contributed by atoms with van der Waals surface area (Å²) in [6, 6.07) is 0. The third kappa shape index (κ3) is 14.7. The van der Waals surface area contributed by atoms with E-state index in [1.165, 1.54) is 38.4 Å². The third-order valence-electron chi connectivity index (χ3n) is 2.51. The second-order valence-electron chi connectivity index (χ2n) is 4.37. The summed E-state index contributed by atoms with van der Waals surface area (Å²) in [6.07, 6.45) is 13.7. The molecule has 0 rings (SSSR count). The summed E-state index contributed by atoms with van der Waals surface area (Å²) < 4.78 is 4.95. The first kappa shape index (κ1) is 17.8. The van der Waals surface area contributed by atoms with Gasteiger partial charge in [-0.15, -0.1) is 0 Å². The molecule has 0 saturated carbocycles. The van der Waals surface area contributed by atoms with E-state index in [9.17, 15) is 0 Å². The minimum Gasteiger partial charge on any atom is -0.498 e. The van der Waals surface area contributed by atoms with E-state index in [0.717, 1.165) is 6.42 Å². The van der Waals surface area contributed by atoms with Crippen molar-refractivity contribution >= 4 is 0 Å². The van der Waals surface area contributed by atoms with Crippen LogP contribution in [-0.2, 0) is 4.74 Å². The molecule has 0 bridgehead atoms. The Kier molecular flexibility index (Phi) is 13.9. The van der Waals surface area contributed by atoms with Crippen molar-refractivity contribution in [2.45, 2.75) is 51.6 Å². The second-order valence-corrected chi connectivity index (χ2v) is 4.37.